The molecular formula is C15H20O2. The number of benzene rings is 1. The van der Waals surface area contributed by atoms with Crippen molar-refractivity contribution in [3.63, 3.8) is 0 Å². The zero-order valence-electron chi connectivity index (χ0n) is 10.7. The molecule has 2 nitrogen and oxygen atoms in total. The number of hydrogen-bond acceptors (Lipinski definition) is 2. The number of hydrogen-bond donors (Lipinski definition) is 1. The Labute approximate surface area is 103 Å². The van der Waals surface area contributed by atoms with Gasteiger partial charge in [0.1, 0.15) is 0 Å². The van der Waals surface area contributed by atoms with Crippen molar-refractivity contribution in [1.29, 1.82) is 0 Å². The van der Waals surface area contributed by atoms with Crippen molar-refractivity contribution in [2.75, 3.05) is 0 Å². The Morgan fingerprint density at radius 3 is 2.76 bits per heavy atom. The van der Waals surface area contributed by atoms with Crippen molar-refractivity contribution in [1.82, 2.24) is 0 Å². The molecule has 0 radical (unpaired) electrons. The standard InChI is InChI=1S/C15H20O2/c1-9-10(2)13-8-17-14-6-4-3-5-11(15(13)14)12(9)7-16/h14,16H,3-8H2,1-2H3. The van der Waals surface area contributed by atoms with Gasteiger partial charge in [0.15, 0.2) is 0 Å². The summed E-state index contributed by atoms with van der Waals surface area (Å²) in [5.41, 5.74) is 7.99. The zero-order valence-corrected chi connectivity index (χ0v) is 10.7. The molecule has 1 aromatic rings. The van der Waals surface area contributed by atoms with Gasteiger partial charge in [-0.15, -0.1) is 0 Å². The van der Waals surface area contributed by atoms with E-state index in [-0.39, 0.29) is 6.61 Å². The molecule has 2 aliphatic rings. The lowest BCUT2D eigenvalue weighted by atomic mass is 9.86. The third kappa shape index (κ3) is 1.54. The minimum atomic E-state index is 0.169. The molecule has 1 aliphatic heterocycles. The highest BCUT2D eigenvalue weighted by molar-refractivity contribution is 5.53. The minimum absolute atomic E-state index is 0.169. The average molecular weight is 232 g/mol. The van der Waals surface area contributed by atoms with Crippen LogP contribution in [0.25, 0.3) is 0 Å². The SMILES string of the molecule is Cc1c(C)c2c3c(c1CO)CCCCC3OC2. The Bertz CT molecular complexity index is 460. The van der Waals surface area contributed by atoms with E-state index in [0.717, 1.165) is 19.4 Å². The van der Waals surface area contributed by atoms with Gasteiger partial charge in [0.2, 0.25) is 0 Å². The molecule has 3 rings (SSSR count). The summed E-state index contributed by atoms with van der Waals surface area (Å²) in [5.74, 6) is 0. The summed E-state index contributed by atoms with van der Waals surface area (Å²) in [6.07, 6.45) is 5.02. The fraction of sp³-hybridized carbons (Fsp3) is 0.600. The van der Waals surface area contributed by atoms with Crippen LogP contribution in [0.1, 0.15) is 58.7 Å². The first kappa shape index (κ1) is 11.2. The van der Waals surface area contributed by atoms with E-state index in [2.05, 4.69) is 13.8 Å². The smallest absolute Gasteiger partial charge is 0.0835 e. The molecule has 0 spiro atoms. The fourth-order valence-electron chi connectivity index (χ4n) is 3.43. The second-order valence-corrected chi connectivity index (χ2v) is 5.30. The van der Waals surface area contributed by atoms with Crippen LogP contribution >= 0.6 is 0 Å². The number of rotatable bonds is 1. The van der Waals surface area contributed by atoms with Gasteiger partial charge >= 0.3 is 0 Å². The quantitative estimate of drug-likeness (QED) is 0.806. The lowest BCUT2D eigenvalue weighted by Gasteiger charge is -2.19. The van der Waals surface area contributed by atoms with E-state index in [4.69, 9.17) is 4.74 Å². The fourth-order valence-corrected chi connectivity index (χ4v) is 3.43. The van der Waals surface area contributed by atoms with Gasteiger partial charge in [-0.2, -0.15) is 0 Å². The summed E-state index contributed by atoms with van der Waals surface area (Å²) in [5, 5.41) is 9.65. The van der Waals surface area contributed by atoms with Gasteiger partial charge in [-0.3, -0.25) is 0 Å². The maximum atomic E-state index is 9.65. The Balaban J connectivity index is 2.29. The summed E-state index contributed by atoms with van der Waals surface area (Å²) in [6, 6.07) is 0. The van der Waals surface area contributed by atoms with Crippen molar-refractivity contribution in [2.24, 2.45) is 0 Å². The third-order valence-corrected chi connectivity index (χ3v) is 4.53. The van der Waals surface area contributed by atoms with Crippen molar-refractivity contribution in [3.05, 3.63) is 33.4 Å². The van der Waals surface area contributed by atoms with E-state index >= 15 is 0 Å². The minimum Gasteiger partial charge on any atom is -0.392 e. The Kier molecular flexibility index (Phi) is 2.72. The molecule has 1 atom stereocenters. The Morgan fingerprint density at radius 2 is 2.00 bits per heavy atom. The van der Waals surface area contributed by atoms with Crippen molar-refractivity contribution < 1.29 is 9.84 Å². The van der Waals surface area contributed by atoms with Gasteiger partial charge in [0.05, 0.1) is 19.3 Å². The second-order valence-electron chi connectivity index (χ2n) is 5.30. The highest BCUT2D eigenvalue weighted by atomic mass is 16.5. The maximum Gasteiger partial charge on any atom is 0.0835 e. The molecule has 0 saturated heterocycles. The molecule has 92 valence electrons. The first-order valence-electron chi connectivity index (χ1n) is 6.60. The molecule has 0 bridgehead atoms. The van der Waals surface area contributed by atoms with Crippen LogP contribution in [-0.4, -0.2) is 5.11 Å². The van der Waals surface area contributed by atoms with Crippen LogP contribution in [-0.2, 0) is 24.4 Å². The highest BCUT2D eigenvalue weighted by Gasteiger charge is 2.31. The van der Waals surface area contributed by atoms with E-state index < -0.39 is 0 Å². The van der Waals surface area contributed by atoms with E-state index in [9.17, 15) is 5.11 Å². The molecule has 0 aromatic heterocycles. The second kappa shape index (κ2) is 4.11. The van der Waals surface area contributed by atoms with Crippen molar-refractivity contribution in [3.8, 4) is 0 Å². The molecule has 1 aliphatic carbocycles. The Morgan fingerprint density at radius 1 is 1.18 bits per heavy atom. The lowest BCUT2D eigenvalue weighted by molar-refractivity contribution is 0.0594. The molecule has 1 aromatic carbocycles. The van der Waals surface area contributed by atoms with Crippen LogP contribution in [0, 0.1) is 13.8 Å². The van der Waals surface area contributed by atoms with E-state index in [1.165, 1.54) is 46.2 Å². The van der Waals surface area contributed by atoms with E-state index in [1.54, 1.807) is 0 Å². The Hall–Kier alpha value is -0.860. The van der Waals surface area contributed by atoms with Gasteiger partial charge in [-0.05, 0) is 66.5 Å². The molecule has 2 heteroatoms. The van der Waals surface area contributed by atoms with Gasteiger partial charge in [0.25, 0.3) is 0 Å². The lowest BCUT2D eigenvalue weighted by Crippen LogP contribution is -2.06. The maximum absolute atomic E-state index is 9.65. The van der Waals surface area contributed by atoms with E-state index in [0.29, 0.717) is 6.10 Å². The predicted octanol–water partition coefficient (Wildman–Crippen LogP) is 3.09. The largest absolute Gasteiger partial charge is 0.392 e. The van der Waals surface area contributed by atoms with Crippen LogP contribution < -0.4 is 0 Å². The summed E-state index contributed by atoms with van der Waals surface area (Å²) < 4.78 is 5.94. The molecule has 17 heavy (non-hydrogen) atoms. The zero-order chi connectivity index (χ0) is 12.0. The summed E-state index contributed by atoms with van der Waals surface area (Å²) in [6.45, 7) is 5.24. The molecule has 0 amide bonds. The van der Waals surface area contributed by atoms with Crippen molar-refractivity contribution in [2.45, 2.75) is 58.8 Å². The molecule has 1 unspecified atom stereocenters. The van der Waals surface area contributed by atoms with Crippen molar-refractivity contribution >= 4 is 0 Å². The predicted molar refractivity (Wildman–Crippen MR) is 66.9 cm³/mol. The molecule has 0 fully saturated rings. The topological polar surface area (TPSA) is 29.5 Å². The molecule has 0 saturated carbocycles. The van der Waals surface area contributed by atoms with Crippen LogP contribution in [0.4, 0.5) is 0 Å². The van der Waals surface area contributed by atoms with Crippen LogP contribution in [0.2, 0.25) is 0 Å². The highest BCUT2D eigenvalue weighted by Crippen LogP contribution is 2.43. The molecular weight excluding hydrogens is 212 g/mol. The monoisotopic (exact) mass is 232 g/mol. The molecule has 1 N–H and O–H groups in total. The van der Waals surface area contributed by atoms with Gasteiger partial charge < -0.3 is 9.84 Å². The van der Waals surface area contributed by atoms with Gasteiger partial charge in [-0.1, -0.05) is 6.42 Å². The first-order valence-corrected chi connectivity index (χ1v) is 6.60. The van der Waals surface area contributed by atoms with Gasteiger partial charge in [-0.25, -0.2) is 0 Å². The summed E-state index contributed by atoms with van der Waals surface area (Å²) >= 11 is 0. The number of ether oxygens (including phenoxy) is 1. The van der Waals surface area contributed by atoms with E-state index in [1.807, 2.05) is 0 Å². The summed E-state index contributed by atoms with van der Waals surface area (Å²) in [4.78, 5) is 0. The van der Waals surface area contributed by atoms with Crippen LogP contribution in [0.15, 0.2) is 0 Å². The molecule has 1 heterocycles. The first-order chi connectivity index (χ1) is 8.24. The summed E-state index contributed by atoms with van der Waals surface area (Å²) in [7, 11) is 0. The number of aliphatic hydroxyl groups is 1. The number of aliphatic hydroxyl groups excluding tert-OH is 1. The van der Waals surface area contributed by atoms with Crippen LogP contribution in [0.5, 0.6) is 0 Å². The van der Waals surface area contributed by atoms with Gasteiger partial charge in [0, 0.05) is 0 Å². The average Bonchev–Trinajstić information content (AvgIpc) is 2.64. The third-order valence-electron chi connectivity index (χ3n) is 4.53. The van der Waals surface area contributed by atoms with Crippen LogP contribution in [0.3, 0.4) is 0 Å². The normalized spacial score (nSPS) is 22.4.